The van der Waals surface area contributed by atoms with Crippen molar-refractivity contribution in [1.82, 2.24) is 0 Å². The van der Waals surface area contributed by atoms with Gasteiger partial charge in [0.15, 0.2) is 0 Å². The number of ether oxygens (including phenoxy) is 2. The second kappa shape index (κ2) is 22.7. The van der Waals surface area contributed by atoms with Gasteiger partial charge >= 0.3 is 11.9 Å². The highest BCUT2D eigenvalue weighted by Crippen LogP contribution is 2.13. The normalized spacial score (nSPS) is 10.9. The van der Waals surface area contributed by atoms with Gasteiger partial charge in [0.05, 0.1) is 6.61 Å². The lowest BCUT2D eigenvalue weighted by atomic mass is 10.0. The Morgan fingerprint density at radius 3 is 1.41 bits per heavy atom. The molecule has 0 unspecified atom stereocenters. The van der Waals surface area contributed by atoms with Crippen LogP contribution < -0.4 is 0 Å². The summed E-state index contributed by atoms with van der Waals surface area (Å²) in [5, 5.41) is 0. The molecule has 0 radical (unpaired) electrons. The fourth-order valence-electron chi connectivity index (χ4n) is 3.20. The van der Waals surface area contributed by atoms with Crippen LogP contribution >= 0.6 is 0 Å². The summed E-state index contributed by atoms with van der Waals surface area (Å²) in [7, 11) is 0. The molecule has 0 heterocycles. The number of carbonyl (C=O) groups excluding carboxylic acids is 2. The monoisotopic (exact) mass is 408 g/mol. The Kier molecular flexibility index (Phi) is 21.5. The molecule has 0 rings (SSSR count). The molecule has 0 spiro atoms. The van der Waals surface area contributed by atoms with Crippen LogP contribution in [0.2, 0.25) is 0 Å². The Morgan fingerprint density at radius 1 is 0.621 bits per heavy atom. The fraction of sp³-hybridized carbons (Fsp3) is 0.760. The van der Waals surface area contributed by atoms with Crippen LogP contribution in [-0.4, -0.2) is 25.2 Å². The zero-order valence-electron chi connectivity index (χ0n) is 18.8. The molecule has 0 aromatic carbocycles. The Morgan fingerprint density at radius 2 is 1.00 bits per heavy atom. The van der Waals surface area contributed by atoms with Gasteiger partial charge in [0.2, 0.25) is 0 Å². The smallest absolute Gasteiger partial charge is 0.331 e. The van der Waals surface area contributed by atoms with Crippen LogP contribution in [-0.2, 0) is 19.1 Å². The van der Waals surface area contributed by atoms with Gasteiger partial charge in [-0.2, -0.15) is 0 Å². The van der Waals surface area contributed by atoms with Crippen molar-refractivity contribution in [3.63, 3.8) is 0 Å². The second-order valence-corrected chi connectivity index (χ2v) is 7.72. The summed E-state index contributed by atoms with van der Waals surface area (Å²) < 4.78 is 9.79. The molecule has 4 heteroatoms. The summed E-state index contributed by atoms with van der Waals surface area (Å²) in [5.41, 5.74) is 0. The van der Waals surface area contributed by atoms with E-state index >= 15 is 0 Å². The van der Waals surface area contributed by atoms with E-state index in [1.165, 1.54) is 96.0 Å². The van der Waals surface area contributed by atoms with Crippen LogP contribution in [0.4, 0.5) is 0 Å². The molecule has 0 aromatic heterocycles. The van der Waals surface area contributed by atoms with E-state index in [1.54, 1.807) is 0 Å². The highest BCUT2D eigenvalue weighted by atomic mass is 16.5. The average molecular weight is 409 g/mol. The molecule has 0 aliphatic rings. The third kappa shape index (κ3) is 22.6. The molecule has 4 nitrogen and oxygen atoms in total. The minimum absolute atomic E-state index is 0.136. The summed E-state index contributed by atoms with van der Waals surface area (Å²) in [6.07, 6.45) is 24.7. The van der Waals surface area contributed by atoms with Gasteiger partial charge < -0.3 is 9.47 Å². The molecule has 0 aromatic rings. The summed E-state index contributed by atoms with van der Waals surface area (Å²) in [6.45, 7) is 6.26. The standard InChI is InChI=1S/C25H44O4/c1-3-5-6-7-8-9-10-11-12-13-14-15-16-17-18-19-23-29-25(27)21-20-24(26)28-22-4-2/h4,20-21H,2-3,5-19,22-23H2,1H3/b21-20-. The Bertz CT molecular complexity index is 429. The van der Waals surface area contributed by atoms with Gasteiger partial charge in [0, 0.05) is 12.2 Å². The van der Waals surface area contributed by atoms with Gasteiger partial charge in [-0.15, -0.1) is 0 Å². The third-order valence-corrected chi connectivity index (χ3v) is 4.94. The van der Waals surface area contributed by atoms with Crippen molar-refractivity contribution in [2.45, 2.75) is 110 Å². The molecule has 0 N–H and O–H groups in total. The van der Waals surface area contributed by atoms with Crippen molar-refractivity contribution in [3.05, 3.63) is 24.8 Å². The Balaban J connectivity index is 3.25. The van der Waals surface area contributed by atoms with Crippen molar-refractivity contribution in [3.8, 4) is 0 Å². The second-order valence-electron chi connectivity index (χ2n) is 7.72. The summed E-state index contributed by atoms with van der Waals surface area (Å²) in [6, 6.07) is 0. The van der Waals surface area contributed by atoms with Crippen molar-refractivity contribution in [2.75, 3.05) is 13.2 Å². The lowest BCUT2D eigenvalue weighted by Gasteiger charge is -2.04. The number of unbranched alkanes of at least 4 members (excludes halogenated alkanes) is 15. The molecule has 29 heavy (non-hydrogen) atoms. The number of rotatable bonds is 21. The van der Waals surface area contributed by atoms with Crippen LogP contribution in [0.1, 0.15) is 110 Å². The van der Waals surface area contributed by atoms with Gasteiger partial charge in [0.1, 0.15) is 6.61 Å². The first kappa shape index (κ1) is 27.4. The lowest BCUT2D eigenvalue weighted by molar-refractivity contribution is -0.140. The van der Waals surface area contributed by atoms with Crippen LogP contribution in [0.15, 0.2) is 24.8 Å². The molecular formula is C25H44O4. The van der Waals surface area contributed by atoms with E-state index in [0.29, 0.717) is 6.61 Å². The number of carbonyl (C=O) groups is 2. The largest absolute Gasteiger partial charge is 0.463 e. The number of hydrogen-bond donors (Lipinski definition) is 0. The fourth-order valence-corrected chi connectivity index (χ4v) is 3.20. The van der Waals surface area contributed by atoms with Gasteiger partial charge in [-0.1, -0.05) is 116 Å². The number of hydrogen-bond acceptors (Lipinski definition) is 4. The van der Waals surface area contributed by atoms with Crippen molar-refractivity contribution >= 4 is 11.9 Å². The first-order valence-corrected chi connectivity index (χ1v) is 11.8. The highest BCUT2D eigenvalue weighted by molar-refractivity contribution is 5.91. The first-order valence-electron chi connectivity index (χ1n) is 11.8. The van der Waals surface area contributed by atoms with E-state index in [1.807, 2.05) is 0 Å². The van der Waals surface area contributed by atoms with Crippen LogP contribution in [0.5, 0.6) is 0 Å². The molecule has 0 atom stereocenters. The van der Waals surface area contributed by atoms with E-state index in [4.69, 9.17) is 9.47 Å². The first-order chi connectivity index (χ1) is 14.2. The van der Waals surface area contributed by atoms with Crippen LogP contribution in [0, 0.1) is 0 Å². The highest BCUT2D eigenvalue weighted by Gasteiger charge is 2.00. The lowest BCUT2D eigenvalue weighted by Crippen LogP contribution is -2.05. The summed E-state index contributed by atoms with van der Waals surface area (Å²) in [5.74, 6) is -1.06. The predicted octanol–water partition coefficient (Wildman–Crippen LogP) is 7.08. The molecule has 0 saturated heterocycles. The molecule has 0 fully saturated rings. The van der Waals surface area contributed by atoms with E-state index in [9.17, 15) is 9.59 Å². The zero-order valence-corrected chi connectivity index (χ0v) is 18.8. The van der Waals surface area contributed by atoms with Gasteiger partial charge in [-0.05, 0) is 6.42 Å². The molecule has 0 amide bonds. The van der Waals surface area contributed by atoms with Crippen molar-refractivity contribution in [1.29, 1.82) is 0 Å². The maximum absolute atomic E-state index is 11.4. The molecule has 0 aliphatic heterocycles. The third-order valence-electron chi connectivity index (χ3n) is 4.94. The summed E-state index contributed by atoms with van der Waals surface area (Å²) in [4.78, 5) is 22.6. The molecular weight excluding hydrogens is 364 g/mol. The van der Waals surface area contributed by atoms with Gasteiger partial charge in [-0.25, -0.2) is 9.59 Å². The van der Waals surface area contributed by atoms with Gasteiger partial charge in [-0.3, -0.25) is 0 Å². The molecule has 0 bridgehead atoms. The minimum atomic E-state index is -0.566. The van der Waals surface area contributed by atoms with Crippen LogP contribution in [0.3, 0.4) is 0 Å². The molecule has 168 valence electrons. The maximum Gasteiger partial charge on any atom is 0.331 e. The predicted molar refractivity (Wildman–Crippen MR) is 121 cm³/mol. The van der Waals surface area contributed by atoms with E-state index < -0.39 is 11.9 Å². The zero-order chi connectivity index (χ0) is 21.4. The van der Waals surface area contributed by atoms with E-state index in [-0.39, 0.29) is 6.61 Å². The quantitative estimate of drug-likeness (QED) is 0.0881. The SMILES string of the molecule is C=CCOC(=O)/C=C\C(=O)OCCCCCCCCCCCCCCCCCC. The maximum atomic E-state index is 11.4. The van der Waals surface area contributed by atoms with E-state index in [2.05, 4.69) is 13.5 Å². The van der Waals surface area contributed by atoms with Crippen molar-refractivity contribution in [2.24, 2.45) is 0 Å². The molecule has 0 aliphatic carbocycles. The topological polar surface area (TPSA) is 52.6 Å². The molecule has 0 saturated carbocycles. The summed E-state index contributed by atoms with van der Waals surface area (Å²) >= 11 is 0. The Labute approximate surface area is 179 Å². The minimum Gasteiger partial charge on any atom is -0.463 e. The van der Waals surface area contributed by atoms with E-state index in [0.717, 1.165) is 25.0 Å². The van der Waals surface area contributed by atoms with Crippen LogP contribution in [0.25, 0.3) is 0 Å². The van der Waals surface area contributed by atoms with Gasteiger partial charge in [0.25, 0.3) is 0 Å². The average Bonchev–Trinajstić information content (AvgIpc) is 2.72. The number of esters is 2. The Hall–Kier alpha value is -1.58. The van der Waals surface area contributed by atoms with Crippen molar-refractivity contribution < 1.29 is 19.1 Å².